The van der Waals surface area contributed by atoms with Crippen molar-refractivity contribution >= 4 is 17.5 Å². The molecule has 1 aliphatic heterocycles. The van der Waals surface area contributed by atoms with Crippen LogP contribution in [0.3, 0.4) is 0 Å². The van der Waals surface area contributed by atoms with Crippen molar-refractivity contribution in [3.05, 3.63) is 22.9 Å². The molecule has 15 heavy (non-hydrogen) atoms. The van der Waals surface area contributed by atoms with Gasteiger partial charge in [0.25, 0.3) is 0 Å². The predicted molar refractivity (Wildman–Crippen MR) is 60.7 cm³/mol. The lowest BCUT2D eigenvalue weighted by molar-refractivity contribution is 0.101. The Morgan fingerprint density at radius 3 is 3.07 bits per heavy atom. The van der Waals surface area contributed by atoms with Gasteiger partial charge in [0.2, 0.25) is 5.88 Å². The van der Waals surface area contributed by atoms with E-state index in [1.54, 1.807) is 14.0 Å². The summed E-state index contributed by atoms with van der Waals surface area (Å²) in [6.45, 7) is 1.54. The summed E-state index contributed by atoms with van der Waals surface area (Å²) >= 11 is 1.88. The van der Waals surface area contributed by atoms with E-state index in [9.17, 15) is 4.79 Å². The summed E-state index contributed by atoms with van der Waals surface area (Å²) in [5, 5.41) is 0. The second kappa shape index (κ2) is 4.23. The Bertz CT molecular complexity index is 404. The SMILES string of the molecule is COc1nc2c(cc1C(C)=O)CSCC2. The van der Waals surface area contributed by atoms with Crippen molar-refractivity contribution in [2.24, 2.45) is 0 Å². The average Bonchev–Trinajstić information content (AvgIpc) is 2.27. The van der Waals surface area contributed by atoms with E-state index in [2.05, 4.69) is 4.98 Å². The minimum Gasteiger partial charge on any atom is -0.480 e. The van der Waals surface area contributed by atoms with Gasteiger partial charge in [-0.1, -0.05) is 0 Å². The molecule has 1 aromatic heterocycles. The molecule has 0 atom stereocenters. The first kappa shape index (κ1) is 10.5. The molecular formula is C11H13NO2S. The van der Waals surface area contributed by atoms with Crippen molar-refractivity contribution < 1.29 is 9.53 Å². The summed E-state index contributed by atoms with van der Waals surface area (Å²) in [5.41, 5.74) is 2.85. The number of ether oxygens (including phenoxy) is 1. The van der Waals surface area contributed by atoms with Gasteiger partial charge in [-0.2, -0.15) is 11.8 Å². The molecule has 3 nitrogen and oxygen atoms in total. The zero-order valence-corrected chi connectivity index (χ0v) is 9.69. The molecule has 0 amide bonds. The van der Waals surface area contributed by atoms with E-state index in [0.717, 1.165) is 23.6 Å². The Balaban J connectivity index is 2.51. The van der Waals surface area contributed by atoms with Gasteiger partial charge in [-0.3, -0.25) is 4.79 Å². The van der Waals surface area contributed by atoms with Crippen molar-refractivity contribution in [2.75, 3.05) is 12.9 Å². The van der Waals surface area contributed by atoms with Gasteiger partial charge in [0.15, 0.2) is 5.78 Å². The molecule has 2 rings (SSSR count). The van der Waals surface area contributed by atoms with Crippen LogP contribution < -0.4 is 4.74 Å². The zero-order valence-electron chi connectivity index (χ0n) is 8.87. The molecule has 0 aliphatic carbocycles. The third-order valence-electron chi connectivity index (χ3n) is 2.47. The molecular weight excluding hydrogens is 210 g/mol. The van der Waals surface area contributed by atoms with E-state index < -0.39 is 0 Å². The first-order chi connectivity index (χ1) is 7.22. The number of carbonyl (C=O) groups is 1. The zero-order chi connectivity index (χ0) is 10.8. The maximum atomic E-state index is 11.4. The standard InChI is InChI=1S/C11H13NO2S/c1-7(13)9-5-8-6-15-4-3-10(8)12-11(9)14-2/h5H,3-4,6H2,1-2H3. The minimum absolute atomic E-state index is 0.0118. The monoisotopic (exact) mass is 223 g/mol. The van der Waals surface area contributed by atoms with Gasteiger partial charge >= 0.3 is 0 Å². The summed E-state index contributed by atoms with van der Waals surface area (Å²) in [4.78, 5) is 15.8. The van der Waals surface area contributed by atoms with E-state index in [1.165, 1.54) is 5.56 Å². The van der Waals surface area contributed by atoms with E-state index in [1.807, 2.05) is 17.8 Å². The number of fused-ring (bicyclic) bond motifs is 1. The van der Waals surface area contributed by atoms with Crippen molar-refractivity contribution in [1.29, 1.82) is 0 Å². The molecule has 0 saturated heterocycles. The molecule has 0 fully saturated rings. The van der Waals surface area contributed by atoms with Crippen LogP contribution in [0, 0.1) is 0 Å². The molecule has 1 aromatic rings. The van der Waals surface area contributed by atoms with Crippen molar-refractivity contribution in [2.45, 2.75) is 19.1 Å². The molecule has 1 aliphatic rings. The first-order valence-electron chi connectivity index (χ1n) is 4.88. The van der Waals surface area contributed by atoms with Gasteiger partial charge in [0.1, 0.15) is 0 Å². The third kappa shape index (κ3) is 2.00. The third-order valence-corrected chi connectivity index (χ3v) is 3.48. The average molecular weight is 223 g/mol. The molecule has 80 valence electrons. The predicted octanol–water partition coefficient (Wildman–Crippen LogP) is 2.08. The van der Waals surface area contributed by atoms with Gasteiger partial charge in [-0.25, -0.2) is 4.98 Å². The van der Waals surface area contributed by atoms with Gasteiger partial charge in [0.05, 0.1) is 12.7 Å². The van der Waals surface area contributed by atoms with E-state index in [-0.39, 0.29) is 5.78 Å². The highest BCUT2D eigenvalue weighted by Crippen LogP contribution is 2.28. The van der Waals surface area contributed by atoms with Gasteiger partial charge in [0, 0.05) is 11.4 Å². The number of hydrogen-bond donors (Lipinski definition) is 0. The number of carbonyl (C=O) groups excluding carboxylic acids is 1. The Morgan fingerprint density at radius 1 is 1.60 bits per heavy atom. The smallest absolute Gasteiger partial charge is 0.224 e. The highest BCUT2D eigenvalue weighted by Gasteiger charge is 2.17. The highest BCUT2D eigenvalue weighted by molar-refractivity contribution is 7.98. The Labute approximate surface area is 93.2 Å². The van der Waals surface area contributed by atoms with Crippen LogP contribution in [0.4, 0.5) is 0 Å². The van der Waals surface area contributed by atoms with Crippen LogP contribution in [0.15, 0.2) is 6.07 Å². The fraction of sp³-hybridized carbons (Fsp3) is 0.455. The molecule has 0 unspecified atom stereocenters. The van der Waals surface area contributed by atoms with Crippen LogP contribution in [0.25, 0.3) is 0 Å². The van der Waals surface area contributed by atoms with E-state index in [0.29, 0.717) is 11.4 Å². The van der Waals surface area contributed by atoms with Crippen LogP contribution in [0.1, 0.15) is 28.5 Å². The maximum Gasteiger partial charge on any atom is 0.224 e. The molecule has 0 bridgehead atoms. The van der Waals surface area contributed by atoms with E-state index in [4.69, 9.17) is 4.74 Å². The topological polar surface area (TPSA) is 39.2 Å². The van der Waals surface area contributed by atoms with Gasteiger partial charge < -0.3 is 4.74 Å². The van der Waals surface area contributed by atoms with Gasteiger partial charge in [-0.05, 0) is 30.7 Å². The quantitative estimate of drug-likeness (QED) is 0.720. The second-order valence-electron chi connectivity index (χ2n) is 3.51. The summed E-state index contributed by atoms with van der Waals surface area (Å²) in [6.07, 6.45) is 0.967. The number of pyridine rings is 1. The van der Waals surface area contributed by atoms with Crippen LogP contribution >= 0.6 is 11.8 Å². The number of hydrogen-bond acceptors (Lipinski definition) is 4. The molecule has 0 aromatic carbocycles. The molecule has 4 heteroatoms. The second-order valence-corrected chi connectivity index (χ2v) is 4.61. The van der Waals surface area contributed by atoms with Crippen LogP contribution in [-0.4, -0.2) is 23.6 Å². The molecule has 0 N–H and O–H groups in total. The molecule has 0 saturated carbocycles. The van der Waals surface area contributed by atoms with Crippen molar-refractivity contribution in [1.82, 2.24) is 4.98 Å². The Hall–Kier alpha value is -1.03. The summed E-state index contributed by atoms with van der Waals surface area (Å²) in [7, 11) is 1.55. The number of aryl methyl sites for hydroxylation is 1. The molecule has 2 heterocycles. The number of ketones is 1. The number of rotatable bonds is 2. The summed E-state index contributed by atoms with van der Waals surface area (Å²) < 4.78 is 5.13. The fourth-order valence-electron chi connectivity index (χ4n) is 1.67. The lowest BCUT2D eigenvalue weighted by Crippen LogP contribution is -2.10. The normalized spacial score (nSPS) is 14.5. The van der Waals surface area contributed by atoms with Crippen LogP contribution in [0.5, 0.6) is 5.88 Å². The number of Topliss-reactive ketones (excluding diaryl/α,β-unsaturated/α-hetero) is 1. The Kier molecular flexibility index (Phi) is 2.95. The number of aromatic nitrogens is 1. The summed E-state index contributed by atoms with van der Waals surface area (Å²) in [6, 6.07) is 1.93. The van der Waals surface area contributed by atoms with Crippen LogP contribution in [-0.2, 0) is 12.2 Å². The Morgan fingerprint density at radius 2 is 2.40 bits per heavy atom. The first-order valence-corrected chi connectivity index (χ1v) is 6.03. The minimum atomic E-state index is 0.0118. The van der Waals surface area contributed by atoms with E-state index >= 15 is 0 Å². The maximum absolute atomic E-state index is 11.4. The van der Waals surface area contributed by atoms with Crippen molar-refractivity contribution in [3.63, 3.8) is 0 Å². The number of thioether (sulfide) groups is 1. The van der Waals surface area contributed by atoms with Gasteiger partial charge in [-0.15, -0.1) is 0 Å². The number of nitrogens with zero attached hydrogens (tertiary/aromatic N) is 1. The number of methoxy groups -OCH3 is 1. The fourth-order valence-corrected chi connectivity index (χ4v) is 2.63. The molecule has 0 spiro atoms. The lowest BCUT2D eigenvalue weighted by Gasteiger charge is -2.16. The molecule has 0 radical (unpaired) electrons. The van der Waals surface area contributed by atoms with Crippen LogP contribution in [0.2, 0.25) is 0 Å². The van der Waals surface area contributed by atoms with Crippen molar-refractivity contribution in [3.8, 4) is 5.88 Å². The lowest BCUT2D eigenvalue weighted by atomic mass is 10.1. The summed E-state index contributed by atoms with van der Waals surface area (Å²) in [5.74, 6) is 2.53. The largest absolute Gasteiger partial charge is 0.480 e. The highest BCUT2D eigenvalue weighted by atomic mass is 32.2.